The average molecular weight is 236 g/mol. The van der Waals surface area contributed by atoms with E-state index in [0.29, 0.717) is 6.04 Å². The van der Waals surface area contributed by atoms with Crippen LogP contribution in [0.25, 0.3) is 0 Å². The second-order valence-electron chi connectivity index (χ2n) is 4.88. The number of benzene rings is 1. The van der Waals surface area contributed by atoms with Gasteiger partial charge in [0.1, 0.15) is 11.9 Å². The zero-order valence-corrected chi connectivity index (χ0v) is 11.5. The molecule has 3 nitrogen and oxygen atoms in total. The highest BCUT2D eigenvalue weighted by Crippen LogP contribution is 2.20. The molecule has 0 bridgehead atoms. The monoisotopic (exact) mass is 236 g/mol. The molecule has 0 amide bonds. The van der Waals surface area contributed by atoms with Gasteiger partial charge in [0, 0.05) is 38.4 Å². The van der Waals surface area contributed by atoms with Crippen LogP contribution < -0.4 is 15.0 Å². The van der Waals surface area contributed by atoms with Gasteiger partial charge in [-0.3, -0.25) is 0 Å². The molecule has 17 heavy (non-hydrogen) atoms. The molecule has 0 spiro atoms. The Balaban J connectivity index is 2.53. The van der Waals surface area contributed by atoms with Crippen molar-refractivity contribution in [2.45, 2.75) is 32.9 Å². The van der Waals surface area contributed by atoms with Crippen LogP contribution in [0.2, 0.25) is 0 Å². The molecule has 0 fully saturated rings. The van der Waals surface area contributed by atoms with Crippen molar-refractivity contribution in [3.63, 3.8) is 0 Å². The fourth-order valence-corrected chi connectivity index (χ4v) is 1.51. The normalized spacial score (nSPS) is 12.6. The van der Waals surface area contributed by atoms with Gasteiger partial charge in [-0.2, -0.15) is 0 Å². The quantitative estimate of drug-likeness (QED) is 0.821. The highest BCUT2D eigenvalue weighted by molar-refractivity contribution is 5.49. The van der Waals surface area contributed by atoms with Crippen LogP contribution in [0.5, 0.6) is 5.75 Å². The second-order valence-corrected chi connectivity index (χ2v) is 4.88. The van der Waals surface area contributed by atoms with Gasteiger partial charge in [0.15, 0.2) is 0 Å². The van der Waals surface area contributed by atoms with Gasteiger partial charge in [0.2, 0.25) is 0 Å². The van der Waals surface area contributed by atoms with Gasteiger partial charge in [-0.25, -0.2) is 0 Å². The van der Waals surface area contributed by atoms with E-state index in [2.05, 4.69) is 43.1 Å². The molecular weight excluding hydrogens is 212 g/mol. The molecule has 0 saturated heterocycles. The third-order valence-corrected chi connectivity index (χ3v) is 2.48. The summed E-state index contributed by atoms with van der Waals surface area (Å²) < 4.78 is 5.87. The van der Waals surface area contributed by atoms with Crippen molar-refractivity contribution in [3.05, 3.63) is 24.3 Å². The maximum Gasteiger partial charge on any atom is 0.121 e. The summed E-state index contributed by atoms with van der Waals surface area (Å²) in [4.78, 5) is 2.07. The van der Waals surface area contributed by atoms with Crippen LogP contribution in [0.4, 0.5) is 5.69 Å². The minimum absolute atomic E-state index is 0.176. The maximum absolute atomic E-state index is 5.87. The molecule has 1 unspecified atom stereocenters. The number of ether oxygens (including phenoxy) is 1. The summed E-state index contributed by atoms with van der Waals surface area (Å²) in [6, 6.07) is 8.65. The molecule has 96 valence electrons. The van der Waals surface area contributed by atoms with Crippen LogP contribution in [-0.4, -0.2) is 32.8 Å². The number of hydrogen-bond donors (Lipinski definition) is 1. The highest BCUT2D eigenvalue weighted by Gasteiger charge is 2.05. The Bertz CT molecular complexity index is 337. The SMILES string of the molecule is CC(C)NCC(C)Oc1cccc(N(C)C)c1. The van der Waals surface area contributed by atoms with Crippen molar-refractivity contribution in [3.8, 4) is 5.75 Å². The first-order chi connectivity index (χ1) is 7.99. The van der Waals surface area contributed by atoms with Crippen LogP contribution in [-0.2, 0) is 0 Å². The minimum Gasteiger partial charge on any atom is -0.489 e. The third-order valence-electron chi connectivity index (χ3n) is 2.48. The van der Waals surface area contributed by atoms with E-state index in [-0.39, 0.29) is 6.10 Å². The summed E-state index contributed by atoms with van der Waals surface area (Å²) in [5.41, 5.74) is 1.16. The maximum atomic E-state index is 5.87. The molecule has 0 aromatic heterocycles. The van der Waals surface area contributed by atoms with E-state index in [9.17, 15) is 0 Å². The van der Waals surface area contributed by atoms with Gasteiger partial charge in [0.05, 0.1) is 0 Å². The zero-order chi connectivity index (χ0) is 12.8. The van der Waals surface area contributed by atoms with E-state index in [4.69, 9.17) is 4.74 Å². The van der Waals surface area contributed by atoms with E-state index in [1.165, 1.54) is 0 Å². The minimum atomic E-state index is 0.176. The lowest BCUT2D eigenvalue weighted by Crippen LogP contribution is -2.33. The Morgan fingerprint density at radius 3 is 2.53 bits per heavy atom. The average Bonchev–Trinajstić information content (AvgIpc) is 2.26. The summed E-state index contributed by atoms with van der Waals surface area (Å²) in [6.45, 7) is 7.22. The van der Waals surface area contributed by atoms with Crippen molar-refractivity contribution in [2.24, 2.45) is 0 Å². The predicted molar refractivity (Wildman–Crippen MR) is 74.0 cm³/mol. The Morgan fingerprint density at radius 1 is 1.24 bits per heavy atom. The summed E-state index contributed by atoms with van der Waals surface area (Å²) in [6.07, 6.45) is 0.176. The van der Waals surface area contributed by atoms with Gasteiger partial charge >= 0.3 is 0 Å². The highest BCUT2D eigenvalue weighted by atomic mass is 16.5. The largest absolute Gasteiger partial charge is 0.489 e. The van der Waals surface area contributed by atoms with Gasteiger partial charge in [0.25, 0.3) is 0 Å². The molecule has 1 N–H and O–H groups in total. The molecule has 3 heteroatoms. The number of anilines is 1. The predicted octanol–water partition coefficient (Wildman–Crippen LogP) is 2.52. The zero-order valence-electron chi connectivity index (χ0n) is 11.5. The smallest absolute Gasteiger partial charge is 0.121 e. The molecule has 1 aromatic rings. The molecule has 1 atom stereocenters. The first-order valence-electron chi connectivity index (χ1n) is 6.16. The van der Waals surface area contributed by atoms with Gasteiger partial charge in [-0.15, -0.1) is 0 Å². The molecule has 1 aromatic carbocycles. The van der Waals surface area contributed by atoms with Gasteiger partial charge < -0.3 is 15.0 Å². The lowest BCUT2D eigenvalue weighted by molar-refractivity contribution is 0.213. The molecule has 0 heterocycles. The Labute approximate surface area is 105 Å². The first kappa shape index (κ1) is 13.8. The number of rotatable bonds is 6. The van der Waals surface area contributed by atoms with Crippen LogP contribution in [0.3, 0.4) is 0 Å². The summed E-state index contributed by atoms with van der Waals surface area (Å²) in [7, 11) is 4.06. The van der Waals surface area contributed by atoms with Crippen LogP contribution in [0.1, 0.15) is 20.8 Å². The standard InChI is InChI=1S/C14H24N2O/c1-11(2)15-10-12(3)17-14-8-6-7-13(9-14)16(4)5/h6-9,11-12,15H,10H2,1-5H3. The van der Waals surface area contributed by atoms with Crippen molar-refractivity contribution in [1.29, 1.82) is 0 Å². The molecule has 0 saturated carbocycles. The van der Waals surface area contributed by atoms with Crippen LogP contribution >= 0.6 is 0 Å². The van der Waals surface area contributed by atoms with E-state index in [1.807, 2.05) is 26.2 Å². The third kappa shape index (κ3) is 5.09. The summed E-state index contributed by atoms with van der Waals surface area (Å²) in [5.74, 6) is 0.925. The Hall–Kier alpha value is -1.22. The number of nitrogens with zero attached hydrogens (tertiary/aromatic N) is 1. The van der Waals surface area contributed by atoms with E-state index >= 15 is 0 Å². The lowest BCUT2D eigenvalue weighted by atomic mass is 10.3. The molecular formula is C14H24N2O. The molecule has 0 aliphatic rings. The number of hydrogen-bond acceptors (Lipinski definition) is 3. The Morgan fingerprint density at radius 2 is 1.94 bits per heavy atom. The topological polar surface area (TPSA) is 24.5 Å². The lowest BCUT2D eigenvalue weighted by Gasteiger charge is -2.19. The van der Waals surface area contributed by atoms with E-state index in [1.54, 1.807) is 0 Å². The van der Waals surface area contributed by atoms with E-state index < -0.39 is 0 Å². The number of nitrogens with one attached hydrogen (secondary N) is 1. The van der Waals surface area contributed by atoms with Crippen molar-refractivity contribution in [2.75, 3.05) is 25.5 Å². The van der Waals surface area contributed by atoms with Gasteiger partial charge in [-0.05, 0) is 19.1 Å². The van der Waals surface area contributed by atoms with Gasteiger partial charge in [-0.1, -0.05) is 19.9 Å². The summed E-state index contributed by atoms with van der Waals surface area (Å²) in [5, 5.41) is 3.37. The van der Waals surface area contributed by atoms with Crippen LogP contribution in [0, 0.1) is 0 Å². The van der Waals surface area contributed by atoms with Crippen LogP contribution in [0.15, 0.2) is 24.3 Å². The molecule has 0 radical (unpaired) electrons. The Kier molecular flexibility index (Phi) is 5.29. The fourth-order valence-electron chi connectivity index (χ4n) is 1.51. The van der Waals surface area contributed by atoms with Crippen molar-refractivity contribution >= 4 is 5.69 Å². The summed E-state index contributed by atoms with van der Waals surface area (Å²) >= 11 is 0. The van der Waals surface area contributed by atoms with Crippen molar-refractivity contribution < 1.29 is 4.74 Å². The van der Waals surface area contributed by atoms with E-state index in [0.717, 1.165) is 18.0 Å². The van der Waals surface area contributed by atoms with Crippen molar-refractivity contribution in [1.82, 2.24) is 5.32 Å². The molecule has 0 aliphatic carbocycles. The molecule has 0 aliphatic heterocycles. The molecule has 1 rings (SSSR count). The second kappa shape index (κ2) is 6.50. The fraction of sp³-hybridized carbons (Fsp3) is 0.571. The first-order valence-corrected chi connectivity index (χ1v) is 6.16.